The lowest BCUT2D eigenvalue weighted by Gasteiger charge is -2.08. The van der Waals surface area contributed by atoms with Crippen molar-refractivity contribution in [1.82, 2.24) is 5.32 Å². The Labute approximate surface area is 121 Å². The fourth-order valence-electron chi connectivity index (χ4n) is 1.85. The zero-order valence-electron chi connectivity index (χ0n) is 11.3. The highest BCUT2D eigenvalue weighted by Gasteiger charge is 2.22. The van der Waals surface area contributed by atoms with Crippen molar-refractivity contribution in [1.29, 1.82) is 0 Å². The molecule has 20 heavy (non-hydrogen) atoms. The van der Waals surface area contributed by atoms with E-state index in [9.17, 15) is 14.9 Å². The van der Waals surface area contributed by atoms with Crippen LogP contribution in [0.5, 0.6) is 0 Å². The van der Waals surface area contributed by atoms with E-state index in [0.29, 0.717) is 12.1 Å². The van der Waals surface area contributed by atoms with Gasteiger partial charge in [0.05, 0.1) is 4.92 Å². The van der Waals surface area contributed by atoms with Gasteiger partial charge < -0.3 is 10.4 Å². The van der Waals surface area contributed by atoms with Crippen LogP contribution in [0.1, 0.15) is 28.8 Å². The molecule has 0 fully saturated rings. The van der Waals surface area contributed by atoms with Gasteiger partial charge in [0.15, 0.2) is 0 Å². The summed E-state index contributed by atoms with van der Waals surface area (Å²) in [6, 6.07) is 4.33. The van der Waals surface area contributed by atoms with Crippen LogP contribution in [0.3, 0.4) is 0 Å². The van der Waals surface area contributed by atoms with Gasteiger partial charge in [0, 0.05) is 12.6 Å². The van der Waals surface area contributed by atoms with E-state index >= 15 is 0 Å². The first kappa shape index (κ1) is 16.5. The molecule has 110 valence electrons. The molecular formula is C13H18N2O4S. The summed E-state index contributed by atoms with van der Waals surface area (Å²) < 4.78 is 0. The Morgan fingerprint density at radius 3 is 2.80 bits per heavy atom. The average molecular weight is 298 g/mol. The third-order valence-corrected chi connectivity index (χ3v) is 3.50. The van der Waals surface area contributed by atoms with Crippen LogP contribution in [-0.2, 0) is 6.54 Å². The van der Waals surface area contributed by atoms with Gasteiger partial charge in [-0.3, -0.25) is 10.1 Å². The Morgan fingerprint density at radius 2 is 2.20 bits per heavy atom. The van der Waals surface area contributed by atoms with Crippen LogP contribution >= 0.6 is 11.8 Å². The number of benzene rings is 1. The van der Waals surface area contributed by atoms with E-state index in [2.05, 4.69) is 11.6 Å². The summed E-state index contributed by atoms with van der Waals surface area (Å²) in [6.07, 6.45) is 4.14. The van der Waals surface area contributed by atoms with Gasteiger partial charge in [-0.2, -0.15) is 11.8 Å². The van der Waals surface area contributed by atoms with Crippen LogP contribution < -0.4 is 5.32 Å². The first-order valence-electron chi connectivity index (χ1n) is 6.27. The summed E-state index contributed by atoms with van der Waals surface area (Å²) in [5.41, 5.74) is -0.148. The molecule has 1 aromatic rings. The quantitative estimate of drug-likeness (QED) is 0.413. The molecule has 0 atom stereocenters. The molecule has 0 aromatic heterocycles. The molecule has 0 aliphatic heterocycles. The Morgan fingerprint density at radius 1 is 1.45 bits per heavy atom. The van der Waals surface area contributed by atoms with Gasteiger partial charge in [-0.25, -0.2) is 4.79 Å². The molecule has 0 heterocycles. The molecular weight excluding hydrogens is 280 g/mol. The lowest BCUT2D eigenvalue weighted by atomic mass is 10.1. The lowest BCUT2D eigenvalue weighted by Crippen LogP contribution is -2.18. The van der Waals surface area contributed by atoms with Crippen molar-refractivity contribution in [3.05, 3.63) is 39.4 Å². The Balaban J connectivity index is 2.67. The van der Waals surface area contributed by atoms with E-state index in [-0.39, 0.29) is 11.3 Å². The maximum Gasteiger partial charge on any atom is 0.343 e. The molecule has 0 aliphatic carbocycles. The van der Waals surface area contributed by atoms with E-state index < -0.39 is 10.9 Å². The van der Waals surface area contributed by atoms with Crippen LogP contribution in [0, 0.1) is 10.1 Å². The topological polar surface area (TPSA) is 92.5 Å². The van der Waals surface area contributed by atoms with Gasteiger partial charge in [0.2, 0.25) is 0 Å². The van der Waals surface area contributed by atoms with Gasteiger partial charge >= 0.3 is 5.97 Å². The number of carboxylic acid groups (broad SMARTS) is 1. The first-order chi connectivity index (χ1) is 9.57. The predicted octanol–water partition coefficient (Wildman–Crippen LogP) is 2.53. The molecule has 6 nitrogen and oxygen atoms in total. The lowest BCUT2D eigenvalue weighted by molar-refractivity contribution is -0.385. The van der Waals surface area contributed by atoms with Crippen LogP contribution in [0.4, 0.5) is 5.69 Å². The number of hydrogen-bond donors (Lipinski definition) is 2. The molecule has 1 aromatic carbocycles. The number of carbonyl (C=O) groups is 1. The monoisotopic (exact) mass is 298 g/mol. The van der Waals surface area contributed by atoms with Crippen LogP contribution in [0.2, 0.25) is 0 Å². The second-order valence-electron chi connectivity index (χ2n) is 4.25. The number of unbranched alkanes of at least 4 members (excludes halogenated alkanes) is 1. The van der Waals surface area contributed by atoms with Crippen molar-refractivity contribution in [3.63, 3.8) is 0 Å². The Bertz CT molecular complexity index is 479. The SMILES string of the molecule is CSCCCCNCc1cccc([N+](=O)[O-])c1C(=O)O. The number of thioether (sulfide) groups is 1. The number of hydrogen-bond acceptors (Lipinski definition) is 5. The summed E-state index contributed by atoms with van der Waals surface area (Å²) in [5, 5.41) is 23.1. The van der Waals surface area contributed by atoms with Gasteiger partial charge in [-0.05, 0) is 37.0 Å². The Hall–Kier alpha value is -1.60. The van der Waals surface area contributed by atoms with E-state index in [1.165, 1.54) is 12.1 Å². The van der Waals surface area contributed by atoms with E-state index in [0.717, 1.165) is 25.1 Å². The summed E-state index contributed by atoms with van der Waals surface area (Å²) in [6.45, 7) is 1.09. The normalized spacial score (nSPS) is 10.4. The molecule has 1 rings (SSSR count). The number of nitro benzene ring substituents is 1. The molecule has 0 spiro atoms. The molecule has 0 aliphatic rings. The van der Waals surface area contributed by atoms with Crippen LogP contribution in [-0.4, -0.2) is 34.6 Å². The number of nitro groups is 1. The number of nitrogens with zero attached hydrogens (tertiary/aromatic N) is 1. The summed E-state index contributed by atoms with van der Waals surface area (Å²) >= 11 is 1.79. The van der Waals surface area contributed by atoms with Crippen molar-refractivity contribution >= 4 is 23.4 Å². The van der Waals surface area contributed by atoms with Gasteiger partial charge in [0.1, 0.15) is 5.56 Å². The summed E-state index contributed by atoms with van der Waals surface area (Å²) in [4.78, 5) is 21.4. The largest absolute Gasteiger partial charge is 0.477 e. The fraction of sp³-hybridized carbons (Fsp3) is 0.462. The second kappa shape index (κ2) is 8.55. The maximum absolute atomic E-state index is 11.2. The van der Waals surface area contributed by atoms with Gasteiger partial charge in [-0.15, -0.1) is 0 Å². The number of nitrogens with one attached hydrogen (secondary N) is 1. The van der Waals surface area contributed by atoms with Crippen molar-refractivity contribution in [2.75, 3.05) is 18.6 Å². The molecule has 0 amide bonds. The second-order valence-corrected chi connectivity index (χ2v) is 5.24. The molecule has 7 heteroatoms. The molecule has 0 radical (unpaired) electrons. The van der Waals surface area contributed by atoms with Gasteiger partial charge in [0.25, 0.3) is 5.69 Å². The number of carboxylic acids is 1. The zero-order valence-corrected chi connectivity index (χ0v) is 12.1. The van der Waals surface area contributed by atoms with E-state index in [4.69, 9.17) is 5.11 Å². The first-order valence-corrected chi connectivity index (χ1v) is 7.66. The highest BCUT2D eigenvalue weighted by Crippen LogP contribution is 2.22. The average Bonchev–Trinajstić information content (AvgIpc) is 2.42. The Kier molecular flexibility index (Phi) is 7.03. The predicted molar refractivity (Wildman–Crippen MR) is 79.4 cm³/mol. The molecule has 0 unspecified atom stereocenters. The maximum atomic E-state index is 11.2. The minimum atomic E-state index is -1.27. The standard InChI is InChI=1S/C13H18N2O4S/c1-20-8-3-2-7-14-9-10-5-4-6-11(15(18)19)12(10)13(16)17/h4-6,14H,2-3,7-9H2,1H3,(H,16,17). The van der Waals surface area contributed by atoms with E-state index in [1.807, 2.05) is 0 Å². The summed E-state index contributed by atoms with van der Waals surface area (Å²) in [5.74, 6) is -0.171. The van der Waals surface area contributed by atoms with E-state index in [1.54, 1.807) is 17.8 Å². The summed E-state index contributed by atoms with van der Waals surface area (Å²) in [7, 11) is 0. The highest BCUT2D eigenvalue weighted by molar-refractivity contribution is 7.98. The zero-order chi connectivity index (χ0) is 15.0. The van der Waals surface area contributed by atoms with Gasteiger partial charge in [-0.1, -0.05) is 12.1 Å². The molecule has 0 saturated heterocycles. The number of rotatable bonds is 9. The third-order valence-electron chi connectivity index (χ3n) is 2.81. The smallest absolute Gasteiger partial charge is 0.343 e. The van der Waals surface area contributed by atoms with Crippen molar-refractivity contribution in [2.45, 2.75) is 19.4 Å². The van der Waals surface area contributed by atoms with Crippen molar-refractivity contribution in [3.8, 4) is 0 Å². The molecule has 0 saturated carbocycles. The highest BCUT2D eigenvalue weighted by atomic mass is 32.2. The molecule has 0 bridgehead atoms. The fourth-order valence-corrected chi connectivity index (χ4v) is 2.35. The van der Waals surface area contributed by atoms with Crippen molar-refractivity contribution in [2.24, 2.45) is 0 Å². The third kappa shape index (κ3) is 4.82. The van der Waals surface area contributed by atoms with Crippen LogP contribution in [0.15, 0.2) is 18.2 Å². The van der Waals surface area contributed by atoms with Crippen LogP contribution in [0.25, 0.3) is 0 Å². The number of aromatic carboxylic acids is 1. The molecule has 2 N–H and O–H groups in total. The minimum Gasteiger partial charge on any atom is -0.477 e. The van der Waals surface area contributed by atoms with Crippen molar-refractivity contribution < 1.29 is 14.8 Å². The minimum absolute atomic E-state index is 0.228.